The van der Waals surface area contributed by atoms with Gasteiger partial charge in [-0.25, -0.2) is 14.4 Å². The molecule has 0 N–H and O–H groups in total. The van der Waals surface area contributed by atoms with Crippen LogP contribution < -0.4 is 4.90 Å². The van der Waals surface area contributed by atoms with Gasteiger partial charge in [0, 0.05) is 25.7 Å². The number of Topliss-reactive ketones (excluding diaryl/α,β-unsaturated/α-hetero) is 1. The molecule has 0 bridgehead atoms. The van der Waals surface area contributed by atoms with Gasteiger partial charge >= 0.3 is 0 Å². The molecule has 3 atom stereocenters. The summed E-state index contributed by atoms with van der Waals surface area (Å²) in [5.74, 6) is 1.84. The van der Waals surface area contributed by atoms with Crippen molar-refractivity contribution < 1.29 is 9.18 Å². The summed E-state index contributed by atoms with van der Waals surface area (Å²) in [4.78, 5) is 24.1. The van der Waals surface area contributed by atoms with Crippen molar-refractivity contribution in [2.24, 2.45) is 11.8 Å². The second-order valence-corrected chi connectivity index (χ2v) is 7.96. The first-order chi connectivity index (χ1) is 12.5. The van der Waals surface area contributed by atoms with Gasteiger partial charge in [-0.1, -0.05) is 26.0 Å². The molecule has 1 aromatic carbocycles. The number of carbonyl (C=O) groups excluding carboxylic acids is 1. The Morgan fingerprint density at radius 1 is 1.08 bits per heavy atom. The van der Waals surface area contributed by atoms with Crippen molar-refractivity contribution in [3.63, 3.8) is 0 Å². The fourth-order valence-electron chi connectivity index (χ4n) is 4.38. The van der Waals surface area contributed by atoms with Crippen LogP contribution in [-0.4, -0.2) is 28.8 Å². The zero-order chi connectivity index (χ0) is 18.3. The molecule has 1 saturated heterocycles. The molecule has 0 spiro atoms. The van der Waals surface area contributed by atoms with Crippen molar-refractivity contribution in [2.45, 2.75) is 39.0 Å². The van der Waals surface area contributed by atoms with Crippen LogP contribution in [0, 0.1) is 17.7 Å². The molecule has 26 heavy (non-hydrogen) atoms. The minimum atomic E-state index is -0.255. The van der Waals surface area contributed by atoms with Crippen LogP contribution in [0.4, 0.5) is 10.3 Å². The SMILES string of the molecule is C[C@@H]1C[C@H](C)CN(c2ncc3c(n2)C[C@@H](c2ccc(F)cc2)CC3=O)C1. The summed E-state index contributed by atoms with van der Waals surface area (Å²) in [6.45, 7) is 6.43. The lowest BCUT2D eigenvalue weighted by molar-refractivity contribution is 0.0962. The Morgan fingerprint density at radius 2 is 1.77 bits per heavy atom. The standard InChI is InChI=1S/C21H24FN3O/c1-13-7-14(2)12-25(11-13)21-23-10-18-19(24-21)8-16(9-20(18)26)15-3-5-17(22)6-4-15/h3-6,10,13-14,16H,7-9,11-12H2,1-2H3/t13-,14+,16-/m1/s1. The van der Waals surface area contributed by atoms with Crippen molar-refractivity contribution >= 4 is 11.7 Å². The van der Waals surface area contributed by atoms with Gasteiger partial charge in [-0.05, 0) is 48.3 Å². The molecule has 1 aromatic heterocycles. The van der Waals surface area contributed by atoms with Crippen molar-refractivity contribution in [2.75, 3.05) is 18.0 Å². The van der Waals surface area contributed by atoms with Crippen molar-refractivity contribution in [1.29, 1.82) is 0 Å². The molecule has 0 radical (unpaired) electrons. The van der Waals surface area contributed by atoms with E-state index in [1.165, 1.54) is 18.6 Å². The molecule has 2 heterocycles. The van der Waals surface area contributed by atoms with Crippen molar-refractivity contribution in [1.82, 2.24) is 9.97 Å². The van der Waals surface area contributed by atoms with Crippen LogP contribution in [0.3, 0.4) is 0 Å². The van der Waals surface area contributed by atoms with Crippen LogP contribution in [0.1, 0.15) is 54.2 Å². The second kappa shape index (κ2) is 6.78. The fourth-order valence-corrected chi connectivity index (χ4v) is 4.38. The van der Waals surface area contributed by atoms with Gasteiger partial charge in [-0.2, -0.15) is 0 Å². The van der Waals surface area contributed by atoms with Gasteiger partial charge in [0.25, 0.3) is 0 Å². The monoisotopic (exact) mass is 353 g/mol. The fraction of sp³-hybridized carbons (Fsp3) is 0.476. The summed E-state index contributed by atoms with van der Waals surface area (Å²) in [6, 6.07) is 6.46. The molecule has 1 aliphatic heterocycles. The largest absolute Gasteiger partial charge is 0.340 e. The van der Waals surface area contributed by atoms with E-state index in [-0.39, 0.29) is 17.5 Å². The number of piperidine rings is 1. The first kappa shape index (κ1) is 17.1. The molecule has 0 saturated carbocycles. The molecule has 0 unspecified atom stereocenters. The average Bonchev–Trinajstić information content (AvgIpc) is 2.61. The Hall–Kier alpha value is -2.30. The summed E-state index contributed by atoms with van der Waals surface area (Å²) in [5, 5.41) is 0. The highest BCUT2D eigenvalue weighted by Crippen LogP contribution is 2.33. The first-order valence-electron chi connectivity index (χ1n) is 9.39. The number of aromatic nitrogens is 2. The maximum absolute atomic E-state index is 13.2. The predicted octanol–water partition coefficient (Wildman–Crippen LogP) is 4.01. The summed E-state index contributed by atoms with van der Waals surface area (Å²) in [5.41, 5.74) is 2.46. The van der Waals surface area contributed by atoms with Gasteiger partial charge < -0.3 is 4.90 Å². The molecule has 5 heteroatoms. The number of anilines is 1. The van der Waals surface area contributed by atoms with Gasteiger partial charge in [0.1, 0.15) is 5.82 Å². The predicted molar refractivity (Wildman–Crippen MR) is 99.0 cm³/mol. The Balaban J connectivity index is 1.61. The minimum Gasteiger partial charge on any atom is -0.340 e. The highest BCUT2D eigenvalue weighted by molar-refractivity contribution is 5.98. The van der Waals surface area contributed by atoms with Crippen LogP contribution in [0.2, 0.25) is 0 Å². The summed E-state index contributed by atoms with van der Waals surface area (Å²) >= 11 is 0. The number of ketones is 1. The molecular weight excluding hydrogens is 329 g/mol. The molecule has 2 aromatic rings. The highest BCUT2D eigenvalue weighted by Gasteiger charge is 2.30. The number of hydrogen-bond acceptors (Lipinski definition) is 4. The van der Waals surface area contributed by atoms with E-state index in [0.29, 0.717) is 30.2 Å². The Labute approximate surface area is 153 Å². The second-order valence-electron chi connectivity index (χ2n) is 7.96. The lowest BCUT2D eigenvalue weighted by Crippen LogP contribution is -2.40. The normalized spacial score (nSPS) is 25.9. The molecule has 4 nitrogen and oxygen atoms in total. The first-order valence-corrected chi connectivity index (χ1v) is 9.39. The van der Waals surface area contributed by atoms with Crippen molar-refractivity contribution in [3.8, 4) is 0 Å². The zero-order valence-electron chi connectivity index (χ0n) is 15.3. The van der Waals surface area contributed by atoms with Gasteiger partial charge in [0.05, 0.1) is 11.3 Å². The van der Waals surface area contributed by atoms with Crippen molar-refractivity contribution in [3.05, 3.63) is 53.1 Å². The minimum absolute atomic E-state index is 0.0533. The van der Waals surface area contributed by atoms with E-state index in [0.717, 1.165) is 30.3 Å². The molecule has 1 aliphatic carbocycles. The quantitative estimate of drug-likeness (QED) is 0.818. The highest BCUT2D eigenvalue weighted by atomic mass is 19.1. The maximum Gasteiger partial charge on any atom is 0.225 e. The summed E-state index contributed by atoms with van der Waals surface area (Å²) in [7, 11) is 0. The van der Waals surface area contributed by atoms with Gasteiger partial charge in [0.15, 0.2) is 5.78 Å². The zero-order valence-corrected chi connectivity index (χ0v) is 15.3. The summed E-state index contributed by atoms with van der Waals surface area (Å²) < 4.78 is 13.2. The van der Waals surface area contributed by atoms with E-state index in [4.69, 9.17) is 4.98 Å². The van der Waals surface area contributed by atoms with E-state index in [2.05, 4.69) is 23.7 Å². The number of halogens is 1. The Kier molecular flexibility index (Phi) is 4.47. The van der Waals surface area contributed by atoms with E-state index in [1.807, 2.05) is 0 Å². The molecule has 0 amide bonds. The number of hydrogen-bond donors (Lipinski definition) is 0. The smallest absolute Gasteiger partial charge is 0.225 e. The molecule has 136 valence electrons. The lowest BCUT2D eigenvalue weighted by atomic mass is 9.82. The third kappa shape index (κ3) is 3.35. The molecule has 1 fully saturated rings. The Morgan fingerprint density at radius 3 is 2.46 bits per heavy atom. The number of fused-ring (bicyclic) bond motifs is 1. The Bertz CT molecular complexity index is 811. The molecular formula is C21H24FN3O. The molecule has 4 rings (SSSR count). The van der Waals surface area contributed by atoms with Crippen LogP contribution >= 0.6 is 0 Å². The van der Waals surface area contributed by atoms with Gasteiger partial charge in [-0.15, -0.1) is 0 Å². The number of nitrogens with zero attached hydrogens (tertiary/aromatic N) is 3. The third-order valence-corrected chi connectivity index (χ3v) is 5.52. The van der Waals surface area contributed by atoms with E-state index < -0.39 is 0 Å². The maximum atomic E-state index is 13.2. The summed E-state index contributed by atoms with van der Waals surface area (Å²) in [6.07, 6.45) is 4.05. The number of rotatable bonds is 2. The van der Waals surface area contributed by atoms with Crippen LogP contribution in [0.5, 0.6) is 0 Å². The lowest BCUT2D eigenvalue weighted by Gasteiger charge is -2.35. The van der Waals surface area contributed by atoms with E-state index in [9.17, 15) is 9.18 Å². The van der Waals surface area contributed by atoms with Gasteiger partial charge in [-0.3, -0.25) is 4.79 Å². The van der Waals surface area contributed by atoms with Gasteiger partial charge in [0.2, 0.25) is 5.95 Å². The van der Waals surface area contributed by atoms with Crippen LogP contribution in [0.15, 0.2) is 30.5 Å². The molecule has 2 aliphatic rings. The third-order valence-electron chi connectivity index (χ3n) is 5.52. The average molecular weight is 353 g/mol. The number of benzene rings is 1. The van der Waals surface area contributed by atoms with Crippen LogP contribution in [0.25, 0.3) is 0 Å². The number of carbonyl (C=O) groups is 1. The van der Waals surface area contributed by atoms with E-state index in [1.54, 1.807) is 18.3 Å². The van der Waals surface area contributed by atoms with Crippen LogP contribution in [-0.2, 0) is 6.42 Å². The van der Waals surface area contributed by atoms with E-state index >= 15 is 0 Å². The topological polar surface area (TPSA) is 46.1 Å².